The van der Waals surface area contributed by atoms with Gasteiger partial charge < -0.3 is 15.5 Å². The predicted octanol–water partition coefficient (Wildman–Crippen LogP) is 5.12. The van der Waals surface area contributed by atoms with Crippen LogP contribution in [0.1, 0.15) is 23.2 Å². The minimum absolute atomic E-state index is 0.0485. The molecule has 33 heavy (non-hydrogen) atoms. The number of hydrogen-bond acceptors (Lipinski definition) is 4. The number of rotatable bonds is 5. The number of halogens is 3. The second-order valence-corrected chi connectivity index (χ2v) is 8.12. The molecule has 0 radical (unpaired) electrons. The molecule has 2 heterocycles. The van der Waals surface area contributed by atoms with E-state index in [1.807, 2.05) is 4.90 Å². The van der Waals surface area contributed by atoms with Crippen molar-refractivity contribution in [1.29, 1.82) is 0 Å². The van der Waals surface area contributed by atoms with Crippen LogP contribution in [-0.2, 0) is 4.79 Å². The van der Waals surface area contributed by atoms with Gasteiger partial charge in [0.15, 0.2) is 0 Å². The van der Waals surface area contributed by atoms with Crippen LogP contribution in [-0.4, -0.2) is 29.9 Å². The summed E-state index contributed by atoms with van der Waals surface area (Å²) in [6.45, 7) is 1.15. The third kappa shape index (κ3) is 5.46. The number of hydrogen-bond donors (Lipinski definition) is 2. The Labute approximate surface area is 194 Å². The van der Waals surface area contributed by atoms with Crippen LogP contribution in [0.25, 0.3) is 0 Å². The second-order valence-electron chi connectivity index (χ2n) is 7.72. The number of pyridine rings is 1. The van der Waals surface area contributed by atoms with Crippen LogP contribution in [0.4, 0.5) is 26.0 Å². The number of carbonyl (C=O) groups is 2. The van der Waals surface area contributed by atoms with Gasteiger partial charge in [-0.05, 0) is 55.3 Å². The lowest BCUT2D eigenvalue weighted by atomic mass is 9.95. The molecule has 1 aliphatic heterocycles. The number of nitrogens with zero attached hydrogens (tertiary/aromatic N) is 2. The minimum atomic E-state index is -0.541. The van der Waals surface area contributed by atoms with E-state index in [0.717, 1.165) is 0 Å². The number of nitrogens with one attached hydrogen (secondary N) is 2. The molecule has 4 rings (SSSR count). The van der Waals surface area contributed by atoms with Crippen molar-refractivity contribution >= 4 is 40.6 Å². The van der Waals surface area contributed by atoms with Crippen LogP contribution in [0.5, 0.6) is 0 Å². The van der Waals surface area contributed by atoms with E-state index >= 15 is 0 Å². The predicted molar refractivity (Wildman–Crippen MR) is 124 cm³/mol. The molecule has 0 bridgehead atoms. The molecular weight excluding hydrogens is 450 g/mol. The SMILES string of the molecule is O=C(Nc1ccccc1F)c1ccnc(N2CCC(C(=O)Nc3ccc(F)c(Cl)c3)CC2)c1. The van der Waals surface area contributed by atoms with Crippen LogP contribution in [0.15, 0.2) is 60.8 Å². The van der Waals surface area contributed by atoms with Crippen molar-refractivity contribution in [3.8, 4) is 0 Å². The van der Waals surface area contributed by atoms with Gasteiger partial charge in [0, 0.05) is 36.5 Å². The summed E-state index contributed by atoms with van der Waals surface area (Å²) in [7, 11) is 0. The van der Waals surface area contributed by atoms with E-state index < -0.39 is 17.5 Å². The number of benzene rings is 2. The summed E-state index contributed by atoms with van der Waals surface area (Å²) in [6, 6.07) is 13.2. The highest BCUT2D eigenvalue weighted by Gasteiger charge is 2.26. The first-order chi connectivity index (χ1) is 15.9. The van der Waals surface area contributed by atoms with Gasteiger partial charge in [0.1, 0.15) is 17.5 Å². The molecule has 0 saturated carbocycles. The van der Waals surface area contributed by atoms with Gasteiger partial charge in [0.05, 0.1) is 10.7 Å². The van der Waals surface area contributed by atoms with Crippen LogP contribution < -0.4 is 15.5 Å². The Bertz CT molecular complexity index is 1180. The fourth-order valence-corrected chi connectivity index (χ4v) is 3.86. The van der Waals surface area contributed by atoms with Crippen molar-refractivity contribution in [3.63, 3.8) is 0 Å². The smallest absolute Gasteiger partial charge is 0.255 e. The molecule has 0 aliphatic carbocycles. The molecule has 0 spiro atoms. The number of para-hydroxylation sites is 1. The summed E-state index contributed by atoms with van der Waals surface area (Å²) in [5.41, 5.74) is 0.913. The van der Waals surface area contributed by atoms with E-state index in [9.17, 15) is 18.4 Å². The molecule has 6 nitrogen and oxygen atoms in total. The van der Waals surface area contributed by atoms with E-state index in [1.54, 1.807) is 24.3 Å². The summed E-state index contributed by atoms with van der Waals surface area (Å²) >= 11 is 5.77. The Balaban J connectivity index is 1.35. The molecule has 1 fully saturated rings. The lowest BCUT2D eigenvalue weighted by molar-refractivity contribution is -0.120. The Morgan fingerprint density at radius 2 is 1.73 bits per heavy atom. The van der Waals surface area contributed by atoms with Gasteiger partial charge in [-0.1, -0.05) is 23.7 Å². The quantitative estimate of drug-likeness (QED) is 0.542. The molecule has 2 N–H and O–H groups in total. The van der Waals surface area contributed by atoms with Gasteiger partial charge in [-0.3, -0.25) is 9.59 Å². The van der Waals surface area contributed by atoms with E-state index in [4.69, 9.17) is 11.6 Å². The van der Waals surface area contributed by atoms with Gasteiger partial charge in [-0.25, -0.2) is 13.8 Å². The molecule has 3 aromatic rings. The summed E-state index contributed by atoms with van der Waals surface area (Å²) in [6.07, 6.45) is 2.71. The van der Waals surface area contributed by atoms with Gasteiger partial charge in [-0.15, -0.1) is 0 Å². The van der Waals surface area contributed by atoms with Crippen LogP contribution in [0.3, 0.4) is 0 Å². The van der Waals surface area contributed by atoms with Gasteiger partial charge >= 0.3 is 0 Å². The normalized spacial score (nSPS) is 14.1. The third-order valence-electron chi connectivity index (χ3n) is 5.51. The van der Waals surface area contributed by atoms with Crippen molar-refractivity contribution in [3.05, 3.63) is 83.0 Å². The zero-order valence-electron chi connectivity index (χ0n) is 17.5. The maximum absolute atomic E-state index is 13.8. The maximum Gasteiger partial charge on any atom is 0.255 e. The van der Waals surface area contributed by atoms with Crippen LogP contribution in [0, 0.1) is 17.6 Å². The molecule has 0 unspecified atom stereocenters. The minimum Gasteiger partial charge on any atom is -0.357 e. The van der Waals surface area contributed by atoms with E-state index in [1.165, 1.54) is 36.5 Å². The fraction of sp³-hybridized carbons (Fsp3) is 0.208. The molecule has 170 valence electrons. The number of amides is 2. The largest absolute Gasteiger partial charge is 0.357 e. The van der Waals surface area contributed by atoms with E-state index in [-0.39, 0.29) is 22.5 Å². The van der Waals surface area contributed by atoms with Crippen molar-refractivity contribution in [2.75, 3.05) is 28.6 Å². The van der Waals surface area contributed by atoms with E-state index in [0.29, 0.717) is 43.0 Å². The number of aromatic nitrogens is 1. The first-order valence-electron chi connectivity index (χ1n) is 10.4. The Morgan fingerprint density at radius 1 is 0.970 bits per heavy atom. The second kappa shape index (κ2) is 9.95. The topological polar surface area (TPSA) is 74.3 Å². The Kier molecular flexibility index (Phi) is 6.84. The summed E-state index contributed by atoms with van der Waals surface area (Å²) in [5.74, 6) is -1.24. The van der Waals surface area contributed by atoms with Crippen LogP contribution in [0.2, 0.25) is 5.02 Å². The van der Waals surface area contributed by atoms with Gasteiger partial charge in [0.2, 0.25) is 5.91 Å². The highest BCUT2D eigenvalue weighted by Crippen LogP contribution is 2.25. The lowest BCUT2D eigenvalue weighted by Gasteiger charge is -2.32. The zero-order chi connectivity index (χ0) is 23.4. The molecule has 0 atom stereocenters. The highest BCUT2D eigenvalue weighted by atomic mass is 35.5. The number of anilines is 3. The molecule has 1 aromatic heterocycles. The van der Waals surface area contributed by atoms with Crippen molar-refractivity contribution in [1.82, 2.24) is 4.98 Å². The molecule has 2 amide bonds. The third-order valence-corrected chi connectivity index (χ3v) is 5.80. The highest BCUT2D eigenvalue weighted by molar-refractivity contribution is 6.31. The molecule has 9 heteroatoms. The maximum atomic E-state index is 13.8. The standard InChI is InChI=1S/C24H21ClF2N4O2/c25-18-14-17(5-6-19(18)26)29-23(32)15-8-11-31(12-9-15)22-13-16(7-10-28-22)24(33)30-21-4-2-1-3-20(21)27/h1-7,10,13-15H,8-9,11-12H2,(H,29,32)(H,30,33). The number of piperidine rings is 1. The lowest BCUT2D eigenvalue weighted by Crippen LogP contribution is -2.38. The molecule has 1 saturated heterocycles. The average Bonchev–Trinajstić information content (AvgIpc) is 2.83. The van der Waals surface area contributed by atoms with Crippen LogP contribution >= 0.6 is 11.6 Å². The molecular formula is C24H21ClF2N4O2. The Morgan fingerprint density at radius 3 is 2.45 bits per heavy atom. The Hall–Kier alpha value is -3.52. The first-order valence-corrected chi connectivity index (χ1v) is 10.8. The average molecular weight is 471 g/mol. The summed E-state index contributed by atoms with van der Waals surface area (Å²) in [4.78, 5) is 31.5. The van der Waals surface area contributed by atoms with Gasteiger partial charge in [-0.2, -0.15) is 0 Å². The van der Waals surface area contributed by atoms with Crippen molar-refractivity contribution in [2.24, 2.45) is 5.92 Å². The molecule has 1 aliphatic rings. The number of carbonyl (C=O) groups excluding carboxylic acids is 2. The van der Waals surface area contributed by atoms with Gasteiger partial charge in [0.25, 0.3) is 5.91 Å². The fourth-order valence-electron chi connectivity index (χ4n) is 3.68. The summed E-state index contributed by atoms with van der Waals surface area (Å²) < 4.78 is 27.1. The summed E-state index contributed by atoms with van der Waals surface area (Å²) in [5, 5.41) is 5.29. The first kappa shape index (κ1) is 22.7. The zero-order valence-corrected chi connectivity index (χ0v) is 18.3. The van der Waals surface area contributed by atoms with Crippen molar-refractivity contribution < 1.29 is 18.4 Å². The monoisotopic (exact) mass is 470 g/mol. The van der Waals surface area contributed by atoms with Crippen molar-refractivity contribution in [2.45, 2.75) is 12.8 Å². The molecule has 2 aromatic carbocycles. The van der Waals surface area contributed by atoms with E-state index in [2.05, 4.69) is 15.6 Å².